The van der Waals surface area contributed by atoms with Crippen molar-refractivity contribution >= 4 is 57.6 Å². The third kappa shape index (κ3) is 9.04. The Morgan fingerprint density at radius 1 is 1.07 bits per heavy atom. The Balaban J connectivity index is 1.74. The zero-order valence-corrected chi connectivity index (χ0v) is 26.8. The number of nitrogens with one attached hydrogen (secondary N) is 1. The molecule has 0 bridgehead atoms. The summed E-state index contributed by atoms with van der Waals surface area (Å²) in [6, 6.07) is 8.82. The molecule has 0 aliphatic rings. The third-order valence-corrected chi connectivity index (χ3v) is 8.37. The summed E-state index contributed by atoms with van der Waals surface area (Å²) in [5.41, 5.74) is 3.07. The van der Waals surface area contributed by atoms with Gasteiger partial charge in [-0.2, -0.15) is 0 Å². The number of halogens is 2. The van der Waals surface area contributed by atoms with Gasteiger partial charge in [-0.3, -0.25) is 10.1 Å². The summed E-state index contributed by atoms with van der Waals surface area (Å²) in [5.74, 6) is -0.828. The third-order valence-electron chi connectivity index (χ3n) is 6.99. The number of rotatable bonds is 16. The molecule has 0 aliphatic heterocycles. The van der Waals surface area contributed by atoms with Crippen LogP contribution in [0.15, 0.2) is 41.3 Å². The summed E-state index contributed by atoms with van der Waals surface area (Å²) in [4.78, 5) is 28.8. The van der Waals surface area contributed by atoms with Crippen LogP contribution < -0.4 is 10.1 Å². The number of carboxylic acid groups (broad SMARTS) is 1. The molecule has 0 saturated heterocycles. The Labute approximate surface area is 261 Å². The highest BCUT2D eigenvalue weighted by Gasteiger charge is 2.21. The predicted octanol–water partition coefficient (Wildman–Crippen LogP) is 9.69. The summed E-state index contributed by atoms with van der Waals surface area (Å²) >= 11 is 13.9. The van der Waals surface area contributed by atoms with Gasteiger partial charge in [0.15, 0.2) is 5.13 Å². The standard InChI is InChI=1S/C32H38Cl2N2O5S/c1-5-6-7-8-9-10-11-15-28(40-3)23-14-12-13-22(29(23)41-4)27-19-42-32(35-27)36-30(37)21-17-25(33)24(26(34)18-21)16-20(2)31(38)39/h12-14,16-19,28H,5-11,15H2,1-4H3,(H,38,39)(H,35,36,37)/b20-16+. The molecule has 1 unspecified atom stereocenters. The SMILES string of the molecule is CCCCCCCCCC(OC)c1cccc(-c2csc(NC(=O)c3cc(Cl)c(/C=C(\C)C(=O)O)c(Cl)c3)n2)c1OC. The van der Waals surface area contributed by atoms with E-state index in [1.165, 1.54) is 75.0 Å². The maximum absolute atomic E-state index is 13.0. The van der Waals surface area contributed by atoms with Gasteiger partial charge in [0, 0.05) is 40.3 Å². The van der Waals surface area contributed by atoms with E-state index in [1.54, 1.807) is 14.2 Å². The van der Waals surface area contributed by atoms with Crippen molar-refractivity contribution in [3.8, 4) is 17.0 Å². The van der Waals surface area contributed by atoms with Crippen molar-refractivity contribution in [2.45, 2.75) is 71.3 Å². The van der Waals surface area contributed by atoms with Gasteiger partial charge in [-0.05, 0) is 37.6 Å². The highest BCUT2D eigenvalue weighted by molar-refractivity contribution is 7.14. The number of benzene rings is 2. The molecule has 3 aromatic rings. The van der Waals surface area contributed by atoms with Crippen molar-refractivity contribution < 1.29 is 24.2 Å². The molecule has 226 valence electrons. The highest BCUT2D eigenvalue weighted by Crippen LogP contribution is 2.40. The van der Waals surface area contributed by atoms with Crippen LogP contribution in [0.2, 0.25) is 10.0 Å². The number of ether oxygens (including phenoxy) is 2. The van der Waals surface area contributed by atoms with Crippen molar-refractivity contribution in [1.29, 1.82) is 0 Å². The number of carboxylic acids is 1. The van der Waals surface area contributed by atoms with E-state index in [-0.39, 0.29) is 27.3 Å². The smallest absolute Gasteiger partial charge is 0.331 e. The second-order valence-corrected chi connectivity index (χ2v) is 11.7. The van der Waals surface area contributed by atoms with Crippen molar-refractivity contribution in [3.05, 3.63) is 68.0 Å². The van der Waals surface area contributed by atoms with Gasteiger partial charge in [0.05, 0.1) is 29.0 Å². The summed E-state index contributed by atoms with van der Waals surface area (Å²) in [6.07, 6.45) is 10.8. The van der Waals surface area contributed by atoms with Gasteiger partial charge in [0.25, 0.3) is 5.91 Å². The molecule has 2 aromatic carbocycles. The Morgan fingerprint density at radius 2 is 1.74 bits per heavy atom. The fourth-order valence-electron chi connectivity index (χ4n) is 4.68. The Morgan fingerprint density at radius 3 is 2.36 bits per heavy atom. The maximum Gasteiger partial charge on any atom is 0.331 e. The lowest BCUT2D eigenvalue weighted by atomic mass is 9.98. The van der Waals surface area contributed by atoms with Crippen LogP contribution in [0.5, 0.6) is 5.75 Å². The number of thiazole rings is 1. The monoisotopic (exact) mass is 632 g/mol. The molecule has 0 saturated carbocycles. The van der Waals surface area contributed by atoms with E-state index in [0.29, 0.717) is 22.1 Å². The van der Waals surface area contributed by atoms with Crippen LogP contribution in [-0.2, 0) is 9.53 Å². The van der Waals surface area contributed by atoms with Crippen LogP contribution >= 0.6 is 34.5 Å². The highest BCUT2D eigenvalue weighted by atomic mass is 35.5. The molecule has 1 amide bonds. The zero-order valence-electron chi connectivity index (χ0n) is 24.5. The number of para-hydroxylation sites is 1. The number of methoxy groups -OCH3 is 2. The fourth-order valence-corrected chi connectivity index (χ4v) is 5.98. The number of hydrogen-bond donors (Lipinski definition) is 2. The van der Waals surface area contributed by atoms with Crippen LogP contribution in [-0.4, -0.2) is 36.2 Å². The number of unbranched alkanes of at least 4 members (excludes halogenated alkanes) is 6. The second-order valence-electron chi connectivity index (χ2n) is 10.0. The molecule has 0 aliphatic carbocycles. The molecule has 2 N–H and O–H groups in total. The summed E-state index contributed by atoms with van der Waals surface area (Å²) in [7, 11) is 3.37. The van der Waals surface area contributed by atoms with Crippen LogP contribution in [0, 0.1) is 0 Å². The summed E-state index contributed by atoms with van der Waals surface area (Å²) in [5, 5.41) is 14.5. The number of carbonyl (C=O) groups is 2. The number of hydrogen-bond acceptors (Lipinski definition) is 6. The molecule has 7 nitrogen and oxygen atoms in total. The van der Waals surface area contributed by atoms with Crippen molar-refractivity contribution in [2.24, 2.45) is 0 Å². The van der Waals surface area contributed by atoms with Gasteiger partial charge >= 0.3 is 5.97 Å². The van der Waals surface area contributed by atoms with Crippen LogP contribution in [0.3, 0.4) is 0 Å². The molecule has 0 spiro atoms. The first kappa shape index (κ1) is 33.6. The minimum atomic E-state index is -1.09. The van der Waals surface area contributed by atoms with E-state index in [9.17, 15) is 9.59 Å². The fraction of sp³-hybridized carbons (Fsp3) is 0.406. The number of aliphatic carboxylic acids is 1. The first-order valence-corrected chi connectivity index (χ1v) is 15.7. The topological polar surface area (TPSA) is 97.8 Å². The molecule has 42 heavy (non-hydrogen) atoms. The van der Waals surface area contributed by atoms with E-state index in [0.717, 1.165) is 24.0 Å². The number of carbonyl (C=O) groups excluding carboxylic acids is 1. The Kier molecular flexibility index (Phi) is 13.3. The minimum Gasteiger partial charge on any atom is -0.496 e. The van der Waals surface area contributed by atoms with Gasteiger partial charge in [-0.25, -0.2) is 9.78 Å². The summed E-state index contributed by atoms with van der Waals surface area (Å²) < 4.78 is 11.7. The average molecular weight is 634 g/mol. The molecular weight excluding hydrogens is 595 g/mol. The predicted molar refractivity (Wildman–Crippen MR) is 172 cm³/mol. The van der Waals surface area contributed by atoms with Gasteiger partial charge in [-0.1, -0.05) is 87.2 Å². The Bertz CT molecular complexity index is 1380. The van der Waals surface area contributed by atoms with Crippen molar-refractivity contribution in [2.75, 3.05) is 19.5 Å². The largest absolute Gasteiger partial charge is 0.496 e. The molecule has 1 aromatic heterocycles. The maximum atomic E-state index is 13.0. The van der Waals surface area contributed by atoms with Crippen LogP contribution in [0.1, 0.15) is 92.8 Å². The lowest BCUT2D eigenvalue weighted by molar-refractivity contribution is -0.132. The normalized spacial score (nSPS) is 12.3. The van der Waals surface area contributed by atoms with E-state index < -0.39 is 11.9 Å². The zero-order chi connectivity index (χ0) is 30.6. The quantitative estimate of drug-likeness (QED) is 0.120. The number of nitrogens with zero attached hydrogens (tertiary/aromatic N) is 1. The average Bonchev–Trinajstić information content (AvgIpc) is 3.44. The van der Waals surface area contributed by atoms with E-state index in [4.69, 9.17) is 37.8 Å². The van der Waals surface area contributed by atoms with Crippen molar-refractivity contribution in [1.82, 2.24) is 4.98 Å². The van der Waals surface area contributed by atoms with Gasteiger partial charge in [-0.15, -0.1) is 11.3 Å². The van der Waals surface area contributed by atoms with Gasteiger partial charge in [0.1, 0.15) is 5.75 Å². The van der Waals surface area contributed by atoms with Gasteiger partial charge < -0.3 is 14.6 Å². The van der Waals surface area contributed by atoms with E-state index >= 15 is 0 Å². The molecule has 0 fully saturated rings. The molecule has 0 radical (unpaired) electrons. The number of anilines is 1. The molecule has 3 rings (SSSR count). The second kappa shape index (κ2) is 16.7. The van der Waals surface area contributed by atoms with Gasteiger partial charge in [0.2, 0.25) is 0 Å². The van der Waals surface area contributed by atoms with Crippen LogP contribution in [0.4, 0.5) is 5.13 Å². The molecular formula is C32H38Cl2N2O5S. The lowest BCUT2D eigenvalue weighted by Gasteiger charge is -2.20. The first-order chi connectivity index (χ1) is 20.2. The Hall–Kier alpha value is -2.91. The molecule has 1 heterocycles. The van der Waals surface area contributed by atoms with E-state index in [2.05, 4.69) is 17.2 Å². The molecule has 1 atom stereocenters. The van der Waals surface area contributed by atoms with Crippen molar-refractivity contribution in [3.63, 3.8) is 0 Å². The lowest BCUT2D eigenvalue weighted by Crippen LogP contribution is -2.12. The first-order valence-electron chi connectivity index (χ1n) is 14.1. The summed E-state index contributed by atoms with van der Waals surface area (Å²) in [6.45, 7) is 3.67. The van der Waals surface area contributed by atoms with Crippen LogP contribution in [0.25, 0.3) is 17.3 Å². The number of amides is 1. The van der Waals surface area contributed by atoms with E-state index in [1.807, 2.05) is 23.6 Å². The number of aromatic nitrogens is 1. The molecule has 10 heteroatoms. The minimum absolute atomic E-state index is 0.0699.